The Morgan fingerprint density at radius 3 is 2.86 bits per heavy atom. The summed E-state index contributed by atoms with van der Waals surface area (Å²) >= 11 is 1.16. The molecule has 0 aliphatic carbocycles. The highest BCUT2D eigenvalue weighted by molar-refractivity contribution is 7.09. The molecule has 0 aliphatic heterocycles. The number of pyridine rings is 1. The molecular weight excluding hydrogens is 302 g/mol. The summed E-state index contributed by atoms with van der Waals surface area (Å²) in [5.74, 6) is -0.812. The maximum Gasteiger partial charge on any atom is 0.305 e. The summed E-state index contributed by atoms with van der Waals surface area (Å²) in [6.45, 7) is 3.86. The van der Waals surface area contributed by atoms with Gasteiger partial charge >= 0.3 is 10.8 Å². The monoisotopic (exact) mass is 321 g/mol. The highest BCUT2D eigenvalue weighted by Gasteiger charge is 2.15. The van der Waals surface area contributed by atoms with Gasteiger partial charge in [-0.3, -0.25) is 19.5 Å². The molecule has 0 saturated heterocycles. The Balaban J connectivity index is 2.20. The van der Waals surface area contributed by atoms with Crippen molar-refractivity contribution in [1.82, 2.24) is 14.9 Å². The number of carboxylic acids is 1. The van der Waals surface area contributed by atoms with Gasteiger partial charge in [0.2, 0.25) is 0 Å². The first-order valence-corrected chi connectivity index (χ1v) is 7.99. The average Bonchev–Trinajstić information content (AvgIpc) is 2.86. The smallest absolute Gasteiger partial charge is 0.305 e. The van der Waals surface area contributed by atoms with E-state index in [0.717, 1.165) is 40.6 Å². The van der Waals surface area contributed by atoms with Gasteiger partial charge in [0.1, 0.15) is 0 Å². The lowest BCUT2D eigenvalue weighted by Crippen LogP contribution is -2.26. The molecular formula is C15H19N3O3S. The van der Waals surface area contributed by atoms with E-state index in [2.05, 4.69) is 14.9 Å². The molecule has 0 radical (unpaired) electrons. The first-order valence-electron chi connectivity index (χ1n) is 7.17. The fourth-order valence-electron chi connectivity index (χ4n) is 2.23. The van der Waals surface area contributed by atoms with E-state index < -0.39 is 5.97 Å². The number of hydrogen-bond donors (Lipinski definition) is 2. The van der Waals surface area contributed by atoms with Gasteiger partial charge in [0, 0.05) is 24.2 Å². The van der Waals surface area contributed by atoms with Gasteiger partial charge in [-0.2, -0.15) is 0 Å². The summed E-state index contributed by atoms with van der Waals surface area (Å²) in [6.07, 6.45) is 2.71. The third kappa shape index (κ3) is 4.51. The largest absolute Gasteiger partial charge is 0.481 e. The number of carboxylic acid groups (broad SMARTS) is 1. The fraction of sp³-hybridized carbons (Fsp3) is 0.400. The van der Waals surface area contributed by atoms with Gasteiger partial charge in [0.15, 0.2) is 0 Å². The number of nitrogens with zero attached hydrogens (tertiary/aromatic N) is 2. The van der Waals surface area contributed by atoms with E-state index in [9.17, 15) is 9.59 Å². The van der Waals surface area contributed by atoms with E-state index in [4.69, 9.17) is 5.11 Å². The van der Waals surface area contributed by atoms with Crippen molar-refractivity contribution in [2.75, 3.05) is 13.1 Å². The third-order valence-electron chi connectivity index (χ3n) is 3.19. The third-order valence-corrected chi connectivity index (χ3v) is 4.06. The molecule has 22 heavy (non-hydrogen) atoms. The van der Waals surface area contributed by atoms with Crippen LogP contribution in [0.2, 0.25) is 0 Å². The minimum atomic E-state index is -0.812. The Labute approximate surface area is 132 Å². The molecule has 118 valence electrons. The summed E-state index contributed by atoms with van der Waals surface area (Å²) in [4.78, 5) is 32.4. The van der Waals surface area contributed by atoms with Gasteiger partial charge in [0.05, 0.1) is 17.8 Å². The fourth-order valence-corrected chi connectivity index (χ4v) is 3.11. The van der Waals surface area contributed by atoms with Gasteiger partial charge in [-0.25, -0.2) is 0 Å². The number of aromatic nitrogens is 2. The molecule has 7 heteroatoms. The lowest BCUT2D eigenvalue weighted by molar-refractivity contribution is -0.137. The molecule has 0 amide bonds. The van der Waals surface area contributed by atoms with Gasteiger partial charge in [0.25, 0.3) is 0 Å². The van der Waals surface area contributed by atoms with Crippen LogP contribution in [0.3, 0.4) is 0 Å². The molecule has 2 heterocycles. The maximum atomic E-state index is 11.7. The van der Waals surface area contributed by atoms with Crippen molar-refractivity contribution in [1.29, 1.82) is 0 Å². The zero-order valence-corrected chi connectivity index (χ0v) is 13.2. The van der Waals surface area contributed by atoms with Gasteiger partial charge in [-0.1, -0.05) is 24.3 Å². The van der Waals surface area contributed by atoms with Gasteiger partial charge in [-0.15, -0.1) is 0 Å². The second-order valence-corrected chi connectivity index (χ2v) is 6.02. The van der Waals surface area contributed by atoms with Crippen LogP contribution in [0.4, 0.5) is 0 Å². The number of aliphatic carboxylic acids is 1. The molecule has 6 nitrogen and oxygen atoms in total. The van der Waals surface area contributed by atoms with E-state index in [0.29, 0.717) is 13.1 Å². The summed E-state index contributed by atoms with van der Waals surface area (Å²) in [6, 6.07) is 5.54. The molecule has 0 saturated carbocycles. The molecule has 0 atom stereocenters. The van der Waals surface area contributed by atoms with Crippen molar-refractivity contribution in [3.63, 3.8) is 0 Å². The van der Waals surface area contributed by atoms with E-state index >= 15 is 0 Å². The van der Waals surface area contributed by atoms with Crippen molar-refractivity contribution in [2.45, 2.75) is 26.3 Å². The molecule has 2 N–H and O–H groups in total. The Kier molecular flexibility index (Phi) is 5.85. The predicted molar refractivity (Wildman–Crippen MR) is 86.0 cm³/mol. The summed E-state index contributed by atoms with van der Waals surface area (Å²) in [7, 11) is 0. The molecule has 0 bridgehead atoms. The number of carbonyl (C=O) groups is 1. The van der Waals surface area contributed by atoms with Crippen molar-refractivity contribution >= 4 is 17.3 Å². The summed E-state index contributed by atoms with van der Waals surface area (Å²) in [5.41, 5.74) is 1.46. The van der Waals surface area contributed by atoms with E-state index in [1.54, 1.807) is 6.20 Å². The Morgan fingerprint density at radius 1 is 1.41 bits per heavy atom. The lowest BCUT2D eigenvalue weighted by atomic mass is 10.2. The van der Waals surface area contributed by atoms with E-state index in [1.165, 1.54) is 0 Å². The highest BCUT2D eigenvalue weighted by Crippen LogP contribution is 2.22. The SMILES string of the molecule is CCCN(CCC(=O)O)Cc1sc(=O)[nH]c1-c1ccccn1. The van der Waals surface area contributed by atoms with Crippen LogP contribution in [0, 0.1) is 0 Å². The van der Waals surface area contributed by atoms with Gasteiger partial charge in [-0.05, 0) is 25.1 Å². The van der Waals surface area contributed by atoms with E-state index in [1.807, 2.05) is 25.1 Å². The minimum absolute atomic E-state index is 0.0955. The van der Waals surface area contributed by atoms with Crippen LogP contribution < -0.4 is 4.87 Å². The van der Waals surface area contributed by atoms with E-state index in [-0.39, 0.29) is 11.3 Å². The number of rotatable bonds is 8. The maximum absolute atomic E-state index is 11.7. The number of aromatic amines is 1. The Hall–Kier alpha value is -1.99. The molecule has 0 unspecified atom stereocenters. The Morgan fingerprint density at radius 2 is 2.23 bits per heavy atom. The van der Waals surface area contributed by atoms with Crippen LogP contribution in [0.1, 0.15) is 24.6 Å². The van der Waals surface area contributed by atoms with Crippen LogP contribution in [0.25, 0.3) is 11.4 Å². The highest BCUT2D eigenvalue weighted by atomic mass is 32.1. The molecule has 2 aromatic heterocycles. The summed E-state index contributed by atoms with van der Waals surface area (Å²) in [5, 5.41) is 8.84. The molecule has 0 spiro atoms. The predicted octanol–water partition coefficient (Wildman–Crippen LogP) is 2.19. The van der Waals surface area contributed by atoms with Crippen molar-refractivity contribution in [3.05, 3.63) is 38.9 Å². The standard InChI is InChI=1S/C15H19N3O3S/c1-2-8-18(9-6-13(19)20)10-12-14(17-15(21)22-12)11-5-3-4-7-16-11/h3-5,7H,2,6,8-10H2,1H3,(H,17,21)(H,19,20). The lowest BCUT2D eigenvalue weighted by Gasteiger charge is -2.20. The second kappa shape index (κ2) is 7.86. The van der Waals surface area contributed by atoms with Crippen molar-refractivity contribution in [2.24, 2.45) is 0 Å². The molecule has 2 aromatic rings. The Bertz CT molecular complexity index is 666. The molecule has 2 rings (SSSR count). The zero-order valence-electron chi connectivity index (χ0n) is 12.4. The second-order valence-electron chi connectivity index (χ2n) is 4.95. The first kappa shape index (κ1) is 16.4. The normalized spacial score (nSPS) is 11.0. The first-order chi connectivity index (χ1) is 10.6. The number of H-pyrrole nitrogens is 1. The van der Waals surface area contributed by atoms with Crippen molar-refractivity contribution < 1.29 is 9.90 Å². The van der Waals surface area contributed by atoms with Crippen LogP contribution in [0.5, 0.6) is 0 Å². The van der Waals surface area contributed by atoms with Crippen LogP contribution in [-0.4, -0.2) is 39.0 Å². The molecule has 0 aliphatic rings. The number of hydrogen-bond acceptors (Lipinski definition) is 5. The van der Waals surface area contributed by atoms with Crippen molar-refractivity contribution in [3.8, 4) is 11.4 Å². The minimum Gasteiger partial charge on any atom is -0.481 e. The van der Waals surface area contributed by atoms with Crippen LogP contribution >= 0.6 is 11.3 Å². The number of nitrogens with one attached hydrogen (secondary N) is 1. The molecule has 0 aromatic carbocycles. The zero-order chi connectivity index (χ0) is 15.9. The number of thiazole rings is 1. The average molecular weight is 321 g/mol. The quantitative estimate of drug-likeness (QED) is 0.778. The van der Waals surface area contributed by atoms with Gasteiger partial charge < -0.3 is 10.1 Å². The van der Waals surface area contributed by atoms with Crippen LogP contribution in [0.15, 0.2) is 29.2 Å². The topological polar surface area (TPSA) is 86.3 Å². The summed E-state index contributed by atoms with van der Waals surface area (Å²) < 4.78 is 0. The molecule has 0 fully saturated rings. The van der Waals surface area contributed by atoms with Crippen LogP contribution in [-0.2, 0) is 11.3 Å².